The second-order valence-electron chi connectivity index (χ2n) is 27.2. The van der Waals surface area contributed by atoms with Crippen LogP contribution in [0.25, 0.3) is 0 Å². The largest absolute Gasteiger partial charge is 0.472 e. The van der Waals surface area contributed by atoms with Crippen LogP contribution in [0.1, 0.15) is 363 Å². The van der Waals surface area contributed by atoms with Gasteiger partial charge in [-0.05, 0) is 43.4 Å². The van der Waals surface area contributed by atoms with E-state index >= 15 is 0 Å². The van der Waals surface area contributed by atoms with Crippen molar-refractivity contribution in [1.82, 2.24) is 0 Å². The maximum Gasteiger partial charge on any atom is 0.472 e. The minimum Gasteiger partial charge on any atom is -0.462 e. The summed E-state index contributed by atoms with van der Waals surface area (Å²) in [6, 6.07) is 0. The number of unbranched alkanes of at least 4 members (excludes halogenated alkanes) is 37. The van der Waals surface area contributed by atoms with Crippen molar-refractivity contribution in [2.45, 2.75) is 381 Å². The molecule has 3 N–H and O–H groups in total. The van der Waals surface area contributed by atoms with Crippen LogP contribution in [-0.4, -0.2) is 96.7 Å². The van der Waals surface area contributed by atoms with Gasteiger partial charge in [-0.3, -0.25) is 37.3 Å². The van der Waals surface area contributed by atoms with Gasteiger partial charge in [-0.15, -0.1) is 0 Å². The number of esters is 4. The van der Waals surface area contributed by atoms with Gasteiger partial charge in [0.25, 0.3) is 0 Å². The molecule has 3 unspecified atom stereocenters. The van der Waals surface area contributed by atoms with Crippen molar-refractivity contribution in [2.24, 2.45) is 17.8 Å². The van der Waals surface area contributed by atoms with Crippen LogP contribution in [0.3, 0.4) is 0 Å². The van der Waals surface area contributed by atoms with E-state index in [1.165, 1.54) is 167 Å². The van der Waals surface area contributed by atoms with E-state index in [-0.39, 0.29) is 25.7 Å². The Bertz CT molecular complexity index is 1790. The Morgan fingerprint density at radius 2 is 0.560 bits per heavy atom. The van der Waals surface area contributed by atoms with Gasteiger partial charge < -0.3 is 33.8 Å². The molecule has 0 spiro atoms. The lowest BCUT2D eigenvalue weighted by Crippen LogP contribution is -2.30. The summed E-state index contributed by atoms with van der Waals surface area (Å²) in [6.07, 6.45) is 47.3. The molecule has 0 bridgehead atoms. The molecule has 0 aromatic rings. The Kier molecular flexibility index (Phi) is 61.5. The normalized spacial score (nSPS) is 14.5. The third-order valence-corrected chi connectivity index (χ3v) is 18.9. The van der Waals surface area contributed by atoms with E-state index in [2.05, 4.69) is 48.5 Å². The quantitative estimate of drug-likeness (QED) is 0.0222. The summed E-state index contributed by atoms with van der Waals surface area (Å²) in [7, 11) is -9.90. The van der Waals surface area contributed by atoms with Gasteiger partial charge >= 0.3 is 39.5 Å². The number of aliphatic hydroxyl groups is 1. The maximum absolute atomic E-state index is 13.0. The van der Waals surface area contributed by atoms with Crippen molar-refractivity contribution in [1.29, 1.82) is 0 Å². The molecule has 0 aromatic heterocycles. The van der Waals surface area contributed by atoms with Gasteiger partial charge in [0.2, 0.25) is 0 Å². The predicted octanol–water partition coefficient (Wildman–Crippen LogP) is 20.6. The molecule has 6 atom stereocenters. The molecule has 0 saturated carbocycles. The standard InChI is InChI=1S/C72H140O17P2/c1-8-10-11-12-13-14-15-23-26-31-39-46-53-69(74)82-59-67(88-71(76)55-48-41-32-27-24-21-19-17-16-18-20-22-25-29-36-43-50-63(3)4)61-86-90(78,79)84-57-66(73)58-85-91(80,81)87-62-68(89-72(77)56-49-42-33-28-30-37-44-51-64(5)6)60-83-70(75)54-47-40-35-34-38-45-52-65(7)9-2/h63-68,73H,8-62H2,1-7H3,(H,78,79)(H,80,81)/t65?,66-,67-,68-/m1/s1. The SMILES string of the molecule is CCCCCCCCCCCCCCC(=O)OC[C@H](COP(=O)(O)OC[C@@H](O)COP(=O)(O)OC[C@@H](COC(=O)CCCCCCCCC(C)CC)OC(=O)CCCCCCCCCC(C)C)OC(=O)CCCCCCCCCCCCCCCCCCC(C)C. The molecular weight excluding hydrogens is 1200 g/mol. The Hall–Kier alpha value is -1.94. The number of carbonyl (C=O) groups is 4. The van der Waals surface area contributed by atoms with Crippen molar-refractivity contribution < 1.29 is 80.2 Å². The molecule has 0 radical (unpaired) electrons. The van der Waals surface area contributed by atoms with Crippen LogP contribution >= 0.6 is 15.6 Å². The van der Waals surface area contributed by atoms with Gasteiger partial charge in [0.1, 0.15) is 19.3 Å². The number of hydrogen-bond acceptors (Lipinski definition) is 15. The van der Waals surface area contributed by atoms with Gasteiger partial charge in [0.05, 0.1) is 26.4 Å². The molecule has 0 aliphatic heterocycles. The van der Waals surface area contributed by atoms with Crippen LogP contribution in [0, 0.1) is 17.8 Å². The molecule has 540 valence electrons. The van der Waals surface area contributed by atoms with E-state index in [4.69, 9.17) is 37.0 Å². The Labute approximate surface area is 556 Å². The highest BCUT2D eigenvalue weighted by molar-refractivity contribution is 7.47. The molecule has 17 nitrogen and oxygen atoms in total. The van der Waals surface area contributed by atoms with Crippen LogP contribution < -0.4 is 0 Å². The smallest absolute Gasteiger partial charge is 0.462 e. The van der Waals surface area contributed by atoms with Gasteiger partial charge in [0, 0.05) is 25.7 Å². The average molecular weight is 1340 g/mol. The Morgan fingerprint density at radius 1 is 0.319 bits per heavy atom. The van der Waals surface area contributed by atoms with Crippen LogP contribution in [0.5, 0.6) is 0 Å². The minimum atomic E-state index is -4.95. The first-order chi connectivity index (χ1) is 43.8. The minimum absolute atomic E-state index is 0.102. The topological polar surface area (TPSA) is 237 Å². The monoisotopic (exact) mass is 1340 g/mol. The van der Waals surface area contributed by atoms with E-state index in [0.717, 1.165) is 108 Å². The van der Waals surface area contributed by atoms with Crippen molar-refractivity contribution in [3.05, 3.63) is 0 Å². The summed E-state index contributed by atoms with van der Waals surface area (Å²) >= 11 is 0. The van der Waals surface area contributed by atoms with E-state index in [0.29, 0.717) is 31.6 Å². The van der Waals surface area contributed by atoms with Crippen molar-refractivity contribution in [3.63, 3.8) is 0 Å². The summed E-state index contributed by atoms with van der Waals surface area (Å²) in [5, 5.41) is 10.6. The first-order valence-electron chi connectivity index (χ1n) is 37.4. The van der Waals surface area contributed by atoms with Crippen LogP contribution in [-0.2, 0) is 65.4 Å². The van der Waals surface area contributed by atoms with Crippen LogP contribution in [0.4, 0.5) is 0 Å². The van der Waals surface area contributed by atoms with Crippen molar-refractivity contribution in [2.75, 3.05) is 39.6 Å². The van der Waals surface area contributed by atoms with E-state index in [1.807, 2.05) is 0 Å². The van der Waals surface area contributed by atoms with Crippen molar-refractivity contribution in [3.8, 4) is 0 Å². The fourth-order valence-electron chi connectivity index (χ4n) is 10.9. The number of hydrogen-bond donors (Lipinski definition) is 3. The van der Waals surface area contributed by atoms with Gasteiger partial charge in [-0.1, -0.05) is 312 Å². The van der Waals surface area contributed by atoms with Crippen LogP contribution in [0.2, 0.25) is 0 Å². The second-order valence-corrected chi connectivity index (χ2v) is 30.1. The lowest BCUT2D eigenvalue weighted by Gasteiger charge is -2.21. The third-order valence-electron chi connectivity index (χ3n) is 17.0. The highest BCUT2D eigenvalue weighted by Crippen LogP contribution is 2.45. The highest BCUT2D eigenvalue weighted by atomic mass is 31.2. The summed E-state index contributed by atoms with van der Waals surface area (Å²) in [5.41, 5.74) is 0. The molecule has 0 aliphatic rings. The zero-order chi connectivity index (χ0) is 67.3. The molecule has 0 aromatic carbocycles. The number of phosphoric ester groups is 2. The second kappa shape index (κ2) is 62.8. The van der Waals surface area contributed by atoms with E-state index in [1.54, 1.807) is 0 Å². The molecule has 0 amide bonds. The number of carbonyl (C=O) groups excluding carboxylic acids is 4. The van der Waals surface area contributed by atoms with Gasteiger partial charge in [-0.25, -0.2) is 9.13 Å². The summed E-state index contributed by atoms with van der Waals surface area (Å²) in [5.74, 6) is 0.110. The highest BCUT2D eigenvalue weighted by Gasteiger charge is 2.30. The van der Waals surface area contributed by atoms with E-state index < -0.39 is 97.5 Å². The number of phosphoric acid groups is 2. The summed E-state index contributed by atoms with van der Waals surface area (Å²) in [4.78, 5) is 72.6. The summed E-state index contributed by atoms with van der Waals surface area (Å²) in [6.45, 7) is 11.8. The fourth-order valence-corrected chi connectivity index (χ4v) is 12.4. The maximum atomic E-state index is 13.0. The molecule has 0 rings (SSSR count). The first kappa shape index (κ1) is 89.1. The molecule has 91 heavy (non-hydrogen) atoms. The molecule has 0 aliphatic carbocycles. The van der Waals surface area contributed by atoms with Gasteiger partial charge in [-0.2, -0.15) is 0 Å². The molecule has 0 heterocycles. The predicted molar refractivity (Wildman–Crippen MR) is 368 cm³/mol. The van der Waals surface area contributed by atoms with E-state index in [9.17, 15) is 43.2 Å². The lowest BCUT2D eigenvalue weighted by molar-refractivity contribution is -0.161. The average Bonchev–Trinajstić information content (AvgIpc) is 2.00. The number of ether oxygens (including phenoxy) is 4. The fraction of sp³-hybridized carbons (Fsp3) is 0.944. The number of aliphatic hydroxyl groups excluding tert-OH is 1. The zero-order valence-corrected chi connectivity index (χ0v) is 61.1. The third kappa shape index (κ3) is 65.1. The number of rotatable bonds is 70. The molecule has 19 heteroatoms. The summed E-state index contributed by atoms with van der Waals surface area (Å²) < 4.78 is 68.3. The van der Waals surface area contributed by atoms with Crippen LogP contribution in [0.15, 0.2) is 0 Å². The lowest BCUT2D eigenvalue weighted by atomic mass is 10.00. The van der Waals surface area contributed by atoms with Crippen molar-refractivity contribution >= 4 is 39.5 Å². The molecule has 0 fully saturated rings. The molecular formula is C72H140O17P2. The molecule has 0 saturated heterocycles. The van der Waals surface area contributed by atoms with Gasteiger partial charge in [0.15, 0.2) is 12.2 Å². The zero-order valence-electron chi connectivity index (χ0n) is 59.3. The Balaban J connectivity index is 5.21. The Morgan fingerprint density at radius 3 is 0.835 bits per heavy atom. The first-order valence-corrected chi connectivity index (χ1v) is 40.4.